The van der Waals surface area contributed by atoms with Crippen LogP contribution in [0.5, 0.6) is 0 Å². The van der Waals surface area contributed by atoms with Crippen LogP contribution in [0.1, 0.15) is 18.5 Å². The highest BCUT2D eigenvalue weighted by molar-refractivity contribution is 7.97. The predicted octanol–water partition coefficient (Wildman–Crippen LogP) is 4.85. The van der Waals surface area contributed by atoms with Gasteiger partial charge in [0.1, 0.15) is 5.69 Å². The van der Waals surface area contributed by atoms with Gasteiger partial charge in [-0.25, -0.2) is 14.1 Å². The number of amides is 2. The first-order chi connectivity index (χ1) is 12.4. The fourth-order valence-electron chi connectivity index (χ4n) is 2.46. The lowest BCUT2D eigenvalue weighted by Crippen LogP contribution is -2.19. The molecule has 2 amide bonds. The van der Waals surface area contributed by atoms with Crippen LogP contribution in [-0.4, -0.2) is 28.4 Å². The van der Waals surface area contributed by atoms with Gasteiger partial charge in [0.05, 0.1) is 11.9 Å². The van der Waals surface area contributed by atoms with Gasteiger partial charge >= 0.3 is 12.2 Å². The van der Waals surface area contributed by atoms with Gasteiger partial charge in [-0.2, -0.15) is 13.2 Å². The Morgan fingerprint density at radius 3 is 2.19 bits per heavy atom. The van der Waals surface area contributed by atoms with Crippen LogP contribution >= 0.6 is 11.9 Å². The summed E-state index contributed by atoms with van der Waals surface area (Å²) in [5.74, 6) is 0. The highest BCUT2D eigenvalue weighted by Gasteiger charge is 2.32. The average molecular weight is 382 g/mol. The molecule has 2 aromatic rings. The minimum absolute atomic E-state index is 0.178. The molecule has 0 bridgehead atoms. The number of pyridine rings is 1. The maximum absolute atomic E-state index is 12.5. The number of benzene rings is 1. The van der Waals surface area contributed by atoms with Crippen molar-refractivity contribution in [1.82, 2.24) is 9.29 Å². The first kappa shape index (κ1) is 18.5. The number of hydrogen-bond donors (Lipinski definition) is 2. The van der Waals surface area contributed by atoms with Crippen molar-refractivity contribution >= 4 is 29.4 Å². The number of anilines is 2. The molecular weight excluding hydrogens is 365 g/mol. The summed E-state index contributed by atoms with van der Waals surface area (Å²) < 4.78 is 39.7. The zero-order valence-electron chi connectivity index (χ0n) is 13.7. The summed E-state index contributed by atoms with van der Waals surface area (Å²) >= 11 is 1.69. The Hall–Kier alpha value is -2.26. The number of urea groups is 1. The summed E-state index contributed by atoms with van der Waals surface area (Å²) in [7, 11) is 0. The van der Waals surface area contributed by atoms with Crippen LogP contribution in [0.2, 0.25) is 0 Å². The molecule has 1 saturated heterocycles. The smallest absolute Gasteiger partial charge is 0.308 e. The van der Waals surface area contributed by atoms with E-state index in [0.717, 1.165) is 36.3 Å². The molecule has 5 nitrogen and oxygen atoms in total. The molecule has 1 fully saturated rings. The van der Waals surface area contributed by atoms with Crippen molar-refractivity contribution in [2.45, 2.75) is 23.9 Å². The minimum Gasteiger partial charge on any atom is -0.308 e. The summed E-state index contributed by atoms with van der Waals surface area (Å²) in [5.41, 5.74) is -0.237. The lowest BCUT2D eigenvalue weighted by Gasteiger charge is -2.13. The Balaban J connectivity index is 1.52. The van der Waals surface area contributed by atoms with Crippen molar-refractivity contribution in [3.8, 4) is 0 Å². The van der Waals surface area contributed by atoms with Gasteiger partial charge in [-0.1, -0.05) is 0 Å². The molecule has 1 aliphatic rings. The van der Waals surface area contributed by atoms with Gasteiger partial charge in [0.15, 0.2) is 0 Å². The monoisotopic (exact) mass is 382 g/mol. The van der Waals surface area contributed by atoms with Crippen molar-refractivity contribution in [1.29, 1.82) is 0 Å². The van der Waals surface area contributed by atoms with Gasteiger partial charge in [0.2, 0.25) is 0 Å². The van der Waals surface area contributed by atoms with Gasteiger partial charge in [-0.05, 0) is 61.2 Å². The number of halogens is 3. The second-order valence-corrected chi connectivity index (χ2v) is 6.93. The maximum Gasteiger partial charge on any atom is 0.433 e. The predicted molar refractivity (Wildman–Crippen MR) is 95.0 cm³/mol. The number of nitrogens with zero attached hydrogens (tertiary/aromatic N) is 2. The molecule has 1 aliphatic heterocycles. The van der Waals surface area contributed by atoms with Crippen molar-refractivity contribution in [3.63, 3.8) is 0 Å². The summed E-state index contributed by atoms with van der Waals surface area (Å²) in [5, 5.41) is 5.08. The van der Waals surface area contributed by atoms with Gasteiger partial charge in [0.25, 0.3) is 0 Å². The van der Waals surface area contributed by atoms with Gasteiger partial charge in [-0.15, -0.1) is 0 Å². The zero-order chi connectivity index (χ0) is 18.6. The molecular formula is C17H17F3N4OS. The fourth-order valence-corrected chi connectivity index (χ4v) is 3.45. The Morgan fingerprint density at radius 1 is 1.00 bits per heavy atom. The van der Waals surface area contributed by atoms with Gasteiger partial charge in [-0.3, -0.25) is 0 Å². The van der Waals surface area contributed by atoms with Crippen LogP contribution in [0.4, 0.5) is 29.3 Å². The summed E-state index contributed by atoms with van der Waals surface area (Å²) in [6.45, 7) is 2.16. The van der Waals surface area contributed by atoms with E-state index in [4.69, 9.17) is 0 Å². The normalized spacial score (nSPS) is 15.0. The molecule has 138 valence electrons. The third kappa shape index (κ3) is 5.12. The first-order valence-corrected chi connectivity index (χ1v) is 8.82. The van der Waals surface area contributed by atoms with Crippen LogP contribution in [-0.2, 0) is 6.18 Å². The highest BCUT2D eigenvalue weighted by atomic mass is 32.2. The number of carbonyl (C=O) groups is 1. The zero-order valence-corrected chi connectivity index (χ0v) is 14.5. The lowest BCUT2D eigenvalue weighted by molar-refractivity contribution is -0.141. The number of carbonyl (C=O) groups excluding carboxylic acids is 1. The van der Waals surface area contributed by atoms with Crippen molar-refractivity contribution < 1.29 is 18.0 Å². The van der Waals surface area contributed by atoms with E-state index < -0.39 is 17.9 Å². The third-order valence-corrected chi connectivity index (χ3v) is 4.83. The molecule has 2 heterocycles. The third-order valence-electron chi connectivity index (χ3n) is 3.72. The average Bonchev–Trinajstić information content (AvgIpc) is 3.09. The molecule has 0 radical (unpaired) electrons. The second-order valence-electron chi connectivity index (χ2n) is 5.76. The molecule has 3 rings (SSSR count). The largest absolute Gasteiger partial charge is 0.433 e. The molecule has 26 heavy (non-hydrogen) atoms. The molecule has 1 aromatic carbocycles. The topological polar surface area (TPSA) is 57.3 Å². The molecule has 2 N–H and O–H groups in total. The van der Waals surface area contributed by atoms with Crippen LogP contribution < -0.4 is 10.6 Å². The SMILES string of the molecule is O=C(Nc1ccc(SN2CCCC2)cc1)Nc1ccc(C(F)(F)F)nc1. The van der Waals surface area contributed by atoms with Crippen LogP contribution in [0, 0.1) is 0 Å². The number of nitrogens with one attached hydrogen (secondary N) is 2. The Morgan fingerprint density at radius 2 is 1.62 bits per heavy atom. The van der Waals surface area contributed by atoms with Crippen molar-refractivity contribution in [3.05, 3.63) is 48.3 Å². The van der Waals surface area contributed by atoms with Crippen molar-refractivity contribution in [2.75, 3.05) is 23.7 Å². The number of alkyl halides is 3. The minimum atomic E-state index is -4.50. The molecule has 0 unspecified atom stereocenters. The maximum atomic E-state index is 12.5. The number of aromatic nitrogens is 1. The number of rotatable bonds is 4. The van der Waals surface area contributed by atoms with Gasteiger partial charge in [0, 0.05) is 23.7 Å². The Bertz CT molecular complexity index is 744. The lowest BCUT2D eigenvalue weighted by atomic mass is 10.3. The Kier molecular flexibility index (Phi) is 5.67. The van der Waals surface area contributed by atoms with E-state index in [0.29, 0.717) is 5.69 Å². The van der Waals surface area contributed by atoms with E-state index in [1.165, 1.54) is 12.8 Å². The van der Waals surface area contributed by atoms with E-state index in [2.05, 4.69) is 19.9 Å². The fraction of sp³-hybridized carbons (Fsp3) is 0.294. The molecule has 1 aromatic heterocycles. The van der Waals surface area contributed by atoms with Gasteiger partial charge < -0.3 is 10.6 Å². The molecule has 0 aliphatic carbocycles. The van der Waals surface area contributed by atoms with Crippen LogP contribution in [0.15, 0.2) is 47.5 Å². The summed E-state index contributed by atoms with van der Waals surface area (Å²) in [4.78, 5) is 16.3. The Labute approximate surface area is 153 Å². The first-order valence-electron chi connectivity index (χ1n) is 8.04. The molecule has 0 saturated carbocycles. The quantitative estimate of drug-likeness (QED) is 0.743. The van der Waals surface area contributed by atoms with E-state index >= 15 is 0 Å². The van der Waals surface area contributed by atoms with E-state index in [9.17, 15) is 18.0 Å². The molecule has 9 heteroatoms. The van der Waals surface area contributed by atoms with Crippen molar-refractivity contribution in [2.24, 2.45) is 0 Å². The van der Waals surface area contributed by atoms with E-state index in [-0.39, 0.29) is 5.69 Å². The standard InChI is InChI=1S/C17H17F3N4OS/c18-17(19,20)15-8-5-13(11-21-15)23-16(25)22-12-3-6-14(7-4-12)26-24-9-1-2-10-24/h3-8,11H,1-2,9-10H2,(H2,22,23,25). The second kappa shape index (κ2) is 7.96. The summed E-state index contributed by atoms with van der Waals surface area (Å²) in [6.07, 6.45) is -1.11. The van der Waals surface area contributed by atoms with Crippen LogP contribution in [0.3, 0.4) is 0 Å². The van der Waals surface area contributed by atoms with E-state index in [1.54, 1.807) is 24.1 Å². The van der Waals surface area contributed by atoms with Crippen LogP contribution in [0.25, 0.3) is 0 Å². The molecule has 0 spiro atoms. The van der Waals surface area contributed by atoms with E-state index in [1.807, 2.05) is 12.1 Å². The number of hydrogen-bond acceptors (Lipinski definition) is 4. The highest BCUT2D eigenvalue weighted by Crippen LogP contribution is 2.28. The molecule has 0 atom stereocenters. The summed E-state index contributed by atoms with van der Waals surface area (Å²) in [6, 6.07) is 8.82.